The van der Waals surface area contributed by atoms with Crippen LogP contribution in [0, 0.1) is 0 Å². The van der Waals surface area contributed by atoms with Gasteiger partial charge in [-0.05, 0) is 56.6 Å². The molecule has 1 saturated heterocycles. The third-order valence-electron chi connectivity index (χ3n) is 5.55. The van der Waals surface area contributed by atoms with Crippen molar-refractivity contribution in [3.05, 3.63) is 59.7 Å². The van der Waals surface area contributed by atoms with Crippen molar-refractivity contribution in [2.75, 3.05) is 38.6 Å². The van der Waals surface area contributed by atoms with Crippen LogP contribution in [0.15, 0.2) is 53.5 Å². The van der Waals surface area contributed by atoms with E-state index in [1.807, 2.05) is 36.4 Å². The molecular formula is C25H35N5O2. The van der Waals surface area contributed by atoms with Crippen LogP contribution in [0.25, 0.3) is 0 Å². The van der Waals surface area contributed by atoms with Gasteiger partial charge in [0.1, 0.15) is 5.75 Å². The molecule has 32 heavy (non-hydrogen) atoms. The summed E-state index contributed by atoms with van der Waals surface area (Å²) in [5.74, 6) is 1.62. The molecule has 3 N–H and O–H groups in total. The summed E-state index contributed by atoms with van der Waals surface area (Å²) in [5.41, 5.74) is 3.02. The van der Waals surface area contributed by atoms with Crippen molar-refractivity contribution >= 4 is 17.6 Å². The van der Waals surface area contributed by atoms with E-state index < -0.39 is 0 Å². The number of ether oxygens (including phenoxy) is 1. The Labute approximate surface area is 191 Å². The lowest BCUT2D eigenvalue weighted by Crippen LogP contribution is -2.42. The molecular weight excluding hydrogens is 402 g/mol. The lowest BCUT2D eigenvalue weighted by Gasteiger charge is -2.30. The molecule has 0 bridgehead atoms. The summed E-state index contributed by atoms with van der Waals surface area (Å²) in [4.78, 5) is 18.6. The predicted octanol–water partition coefficient (Wildman–Crippen LogP) is 3.55. The highest BCUT2D eigenvalue weighted by atomic mass is 16.5. The number of hydrogen-bond acceptors (Lipinski definition) is 4. The second kappa shape index (κ2) is 12.1. The third-order valence-corrected chi connectivity index (χ3v) is 5.55. The Kier molecular flexibility index (Phi) is 8.92. The summed E-state index contributed by atoms with van der Waals surface area (Å²) in [6.45, 7) is 7.79. The highest BCUT2D eigenvalue weighted by Crippen LogP contribution is 2.31. The van der Waals surface area contributed by atoms with Gasteiger partial charge in [0.15, 0.2) is 5.96 Å². The second-order valence-electron chi connectivity index (χ2n) is 7.96. The van der Waals surface area contributed by atoms with Gasteiger partial charge in [0, 0.05) is 31.3 Å². The molecule has 1 atom stereocenters. The van der Waals surface area contributed by atoms with E-state index in [0.29, 0.717) is 6.54 Å². The summed E-state index contributed by atoms with van der Waals surface area (Å²) in [5, 5.41) is 9.70. The van der Waals surface area contributed by atoms with Gasteiger partial charge in [0.25, 0.3) is 0 Å². The number of nitrogens with one attached hydrogen (secondary N) is 3. The van der Waals surface area contributed by atoms with Crippen LogP contribution in [0.3, 0.4) is 0 Å². The zero-order valence-electron chi connectivity index (χ0n) is 19.4. The normalized spacial score (nSPS) is 15.3. The topological polar surface area (TPSA) is 78.0 Å². The molecule has 172 valence electrons. The van der Waals surface area contributed by atoms with Crippen molar-refractivity contribution in [3.63, 3.8) is 0 Å². The van der Waals surface area contributed by atoms with Crippen LogP contribution in [0.4, 0.5) is 5.69 Å². The van der Waals surface area contributed by atoms with E-state index in [-0.39, 0.29) is 11.9 Å². The third kappa shape index (κ3) is 6.72. The molecule has 1 unspecified atom stereocenters. The maximum absolute atomic E-state index is 11.3. The number of methoxy groups -OCH3 is 1. The summed E-state index contributed by atoms with van der Waals surface area (Å²) < 4.78 is 5.65. The average Bonchev–Trinajstić information content (AvgIpc) is 3.32. The van der Waals surface area contributed by atoms with Crippen LogP contribution >= 0.6 is 0 Å². The van der Waals surface area contributed by atoms with Crippen molar-refractivity contribution in [1.29, 1.82) is 0 Å². The molecule has 0 aliphatic carbocycles. The van der Waals surface area contributed by atoms with E-state index >= 15 is 0 Å². The van der Waals surface area contributed by atoms with Crippen LogP contribution in [0.5, 0.6) is 5.75 Å². The van der Waals surface area contributed by atoms with E-state index in [1.165, 1.54) is 25.3 Å². The van der Waals surface area contributed by atoms with Gasteiger partial charge in [-0.2, -0.15) is 0 Å². The Balaban J connectivity index is 1.72. The number of nitrogens with zero attached hydrogens (tertiary/aromatic N) is 2. The molecule has 1 heterocycles. The standard InChI is InChI=1S/C25H35N5O2/c1-4-26-25(27-17-20-10-9-11-21(16-20)29-19(2)31)28-18-23(30-14-7-8-15-30)22-12-5-6-13-24(22)32-3/h5-6,9-13,16,23H,4,7-8,14-15,17-18H2,1-3H3,(H,29,31)(H2,26,27,28). The van der Waals surface area contributed by atoms with Gasteiger partial charge >= 0.3 is 0 Å². The van der Waals surface area contributed by atoms with Crippen LogP contribution < -0.4 is 20.7 Å². The fraction of sp³-hybridized carbons (Fsp3) is 0.440. The Bertz CT molecular complexity index is 909. The summed E-state index contributed by atoms with van der Waals surface area (Å²) in [6.07, 6.45) is 2.45. The van der Waals surface area contributed by atoms with Gasteiger partial charge in [-0.1, -0.05) is 30.3 Å². The molecule has 1 amide bonds. The van der Waals surface area contributed by atoms with Gasteiger partial charge in [0.05, 0.1) is 19.7 Å². The molecule has 7 heteroatoms. The fourth-order valence-electron chi connectivity index (χ4n) is 4.09. The lowest BCUT2D eigenvalue weighted by molar-refractivity contribution is -0.114. The van der Waals surface area contributed by atoms with Crippen molar-refractivity contribution in [2.45, 2.75) is 39.3 Å². The first kappa shape index (κ1) is 23.6. The molecule has 1 aliphatic heterocycles. The highest BCUT2D eigenvalue weighted by molar-refractivity contribution is 5.88. The molecule has 2 aromatic carbocycles. The number of hydrogen-bond donors (Lipinski definition) is 3. The van der Waals surface area contributed by atoms with Gasteiger partial charge in [-0.15, -0.1) is 0 Å². The minimum absolute atomic E-state index is 0.0787. The van der Waals surface area contributed by atoms with Gasteiger partial charge in [-0.3, -0.25) is 9.69 Å². The predicted molar refractivity (Wildman–Crippen MR) is 130 cm³/mol. The monoisotopic (exact) mass is 437 g/mol. The number of benzene rings is 2. The SMILES string of the molecule is CCNC(=NCc1cccc(NC(C)=O)c1)NCC(c1ccccc1OC)N1CCCC1. The number of likely N-dealkylation sites (tertiary alicyclic amines) is 1. The van der Waals surface area contributed by atoms with Gasteiger partial charge in [-0.25, -0.2) is 4.99 Å². The van der Waals surface area contributed by atoms with E-state index in [9.17, 15) is 4.79 Å². The van der Waals surface area contributed by atoms with Crippen LogP contribution in [0.1, 0.15) is 43.9 Å². The van der Waals surface area contributed by atoms with Crippen LogP contribution in [0.2, 0.25) is 0 Å². The zero-order chi connectivity index (χ0) is 22.8. The van der Waals surface area contributed by atoms with Crippen molar-refractivity contribution in [1.82, 2.24) is 15.5 Å². The first-order chi connectivity index (χ1) is 15.6. The maximum atomic E-state index is 11.3. The first-order valence-corrected chi connectivity index (χ1v) is 11.4. The number of para-hydroxylation sites is 1. The molecule has 7 nitrogen and oxygen atoms in total. The average molecular weight is 438 g/mol. The van der Waals surface area contributed by atoms with E-state index in [2.05, 4.69) is 39.9 Å². The first-order valence-electron chi connectivity index (χ1n) is 11.4. The number of anilines is 1. The molecule has 1 aliphatic rings. The number of amides is 1. The quantitative estimate of drug-likeness (QED) is 0.413. The Morgan fingerprint density at radius 3 is 2.62 bits per heavy atom. The summed E-state index contributed by atoms with van der Waals surface area (Å²) in [7, 11) is 1.73. The summed E-state index contributed by atoms with van der Waals surface area (Å²) in [6, 6.07) is 16.3. The van der Waals surface area contributed by atoms with Crippen LogP contribution in [-0.4, -0.2) is 50.1 Å². The number of guanidine groups is 1. The van der Waals surface area contributed by atoms with Crippen molar-refractivity contribution in [3.8, 4) is 5.75 Å². The zero-order valence-corrected chi connectivity index (χ0v) is 19.4. The minimum atomic E-state index is -0.0787. The maximum Gasteiger partial charge on any atom is 0.221 e. The number of rotatable bonds is 9. The molecule has 0 radical (unpaired) electrons. The molecule has 1 fully saturated rings. The number of carbonyl (C=O) groups is 1. The molecule has 0 spiro atoms. The Morgan fingerprint density at radius 2 is 1.91 bits per heavy atom. The number of aliphatic imine (C=N–C) groups is 1. The minimum Gasteiger partial charge on any atom is -0.496 e. The Morgan fingerprint density at radius 1 is 1.12 bits per heavy atom. The molecule has 2 aromatic rings. The molecule has 0 aromatic heterocycles. The van der Waals surface area contributed by atoms with Gasteiger partial charge < -0.3 is 20.7 Å². The largest absolute Gasteiger partial charge is 0.496 e. The van der Waals surface area contributed by atoms with Crippen LogP contribution in [-0.2, 0) is 11.3 Å². The van der Waals surface area contributed by atoms with Gasteiger partial charge in [0.2, 0.25) is 5.91 Å². The van der Waals surface area contributed by atoms with E-state index in [1.54, 1.807) is 7.11 Å². The lowest BCUT2D eigenvalue weighted by atomic mass is 10.0. The molecule has 3 rings (SSSR count). The molecule has 0 saturated carbocycles. The van der Waals surface area contributed by atoms with E-state index in [4.69, 9.17) is 9.73 Å². The fourth-order valence-corrected chi connectivity index (χ4v) is 4.09. The van der Waals surface area contributed by atoms with Crippen molar-refractivity contribution < 1.29 is 9.53 Å². The Hall–Kier alpha value is -3.06. The summed E-state index contributed by atoms with van der Waals surface area (Å²) >= 11 is 0. The second-order valence-corrected chi connectivity index (χ2v) is 7.96. The number of carbonyl (C=O) groups excluding carboxylic acids is 1. The smallest absolute Gasteiger partial charge is 0.221 e. The highest BCUT2D eigenvalue weighted by Gasteiger charge is 2.26. The van der Waals surface area contributed by atoms with Crippen molar-refractivity contribution in [2.24, 2.45) is 4.99 Å². The van der Waals surface area contributed by atoms with E-state index in [0.717, 1.165) is 49.1 Å².